The first-order chi connectivity index (χ1) is 14.1. The number of aromatic amines is 1. The van der Waals surface area contributed by atoms with Crippen LogP contribution in [0.2, 0.25) is 0 Å². The number of carbonyl (C=O) groups excluding carboxylic acids is 1. The largest absolute Gasteiger partial charge is 0.493 e. The lowest BCUT2D eigenvalue weighted by Crippen LogP contribution is -2.33. The van der Waals surface area contributed by atoms with Gasteiger partial charge in [-0.05, 0) is 42.1 Å². The van der Waals surface area contributed by atoms with Gasteiger partial charge in [0, 0.05) is 23.2 Å². The molecule has 0 saturated carbocycles. The molecule has 29 heavy (non-hydrogen) atoms. The Kier molecular flexibility index (Phi) is 6.54. The molecule has 0 radical (unpaired) electrons. The molecular formula is C23H26N2O4. The summed E-state index contributed by atoms with van der Waals surface area (Å²) < 4.78 is 10.6. The molecule has 1 heterocycles. The van der Waals surface area contributed by atoms with Crippen LogP contribution in [0, 0.1) is 0 Å². The molecule has 1 aromatic heterocycles. The molecule has 0 aliphatic carbocycles. The van der Waals surface area contributed by atoms with Gasteiger partial charge in [-0.1, -0.05) is 31.5 Å². The number of methoxy groups -OCH3 is 2. The van der Waals surface area contributed by atoms with E-state index < -0.39 is 0 Å². The number of benzene rings is 2. The summed E-state index contributed by atoms with van der Waals surface area (Å²) in [7, 11) is 3.09. The highest BCUT2D eigenvalue weighted by Crippen LogP contribution is 2.28. The van der Waals surface area contributed by atoms with Crippen molar-refractivity contribution in [3.05, 3.63) is 70.0 Å². The number of rotatable bonds is 8. The maximum absolute atomic E-state index is 13.2. The van der Waals surface area contributed by atoms with Crippen molar-refractivity contribution in [1.82, 2.24) is 9.88 Å². The van der Waals surface area contributed by atoms with Gasteiger partial charge in [0.05, 0.1) is 20.8 Å². The average Bonchev–Trinajstić information content (AvgIpc) is 2.75. The molecule has 1 N–H and O–H groups in total. The number of fused-ring (bicyclic) bond motifs is 1. The highest BCUT2D eigenvalue weighted by molar-refractivity contribution is 5.95. The van der Waals surface area contributed by atoms with Crippen molar-refractivity contribution in [2.75, 3.05) is 20.8 Å². The Balaban J connectivity index is 1.93. The van der Waals surface area contributed by atoms with Gasteiger partial charge < -0.3 is 19.4 Å². The SMILES string of the molecule is CCCCN(Cc1cc2ccccc2[nH]c1=O)C(=O)c1ccc(OC)c(OC)c1. The van der Waals surface area contributed by atoms with Crippen LogP contribution in [0.3, 0.4) is 0 Å². The summed E-state index contributed by atoms with van der Waals surface area (Å²) in [5.41, 5.74) is 1.67. The van der Waals surface area contributed by atoms with Gasteiger partial charge >= 0.3 is 0 Å². The van der Waals surface area contributed by atoms with E-state index in [4.69, 9.17) is 9.47 Å². The third-order valence-corrected chi connectivity index (χ3v) is 4.89. The van der Waals surface area contributed by atoms with Crippen LogP contribution in [0.1, 0.15) is 35.7 Å². The van der Waals surface area contributed by atoms with Crippen LogP contribution < -0.4 is 15.0 Å². The van der Waals surface area contributed by atoms with E-state index in [0.29, 0.717) is 29.2 Å². The Hall–Kier alpha value is -3.28. The zero-order chi connectivity index (χ0) is 20.8. The number of amides is 1. The number of H-pyrrole nitrogens is 1. The molecule has 3 aromatic rings. The summed E-state index contributed by atoms with van der Waals surface area (Å²) in [5, 5.41) is 0.941. The number of ether oxygens (including phenoxy) is 2. The molecule has 0 fully saturated rings. The standard InChI is InChI=1S/C23H26N2O4/c1-4-5-12-25(23(27)17-10-11-20(28-2)21(14-17)29-3)15-18-13-16-8-6-7-9-19(16)24-22(18)26/h6-11,13-14H,4-5,12,15H2,1-3H3,(H,24,26). The van der Waals surface area contributed by atoms with Gasteiger partial charge in [-0.3, -0.25) is 9.59 Å². The number of nitrogens with one attached hydrogen (secondary N) is 1. The summed E-state index contributed by atoms with van der Waals surface area (Å²) in [6, 6.07) is 14.6. The molecule has 0 aliphatic heterocycles. The van der Waals surface area contributed by atoms with Crippen LogP contribution in [-0.4, -0.2) is 36.6 Å². The van der Waals surface area contributed by atoms with Crippen LogP contribution in [0.5, 0.6) is 11.5 Å². The highest BCUT2D eigenvalue weighted by atomic mass is 16.5. The molecule has 0 saturated heterocycles. The molecule has 0 unspecified atom stereocenters. The molecule has 0 atom stereocenters. The molecule has 0 spiro atoms. The molecule has 152 valence electrons. The van der Waals surface area contributed by atoms with Crippen molar-refractivity contribution in [3.63, 3.8) is 0 Å². The van der Waals surface area contributed by atoms with E-state index in [9.17, 15) is 9.59 Å². The Bertz CT molecular complexity index is 1060. The van der Waals surface area contributed by atoms with Crippen molar-refractivity contribution in [2.24, 2.45) is 0 Å². The van der Waals surface area contributed by atoms with Crippen LogP contribution in [0.25, 0.3) is 10.9 Å². The van der Waals surface area contributed by atoms with E-state index in [2.05, 4.69) is 11.9 Å². The van der Waals surface area contributed by atoms with Gasteiger partial charge in [0.1, 0.15) is 0 Å². The Morgan fingerprint density at radius 2 is 1.79 bits per heavy atom. The predicted molar refractivity (Wildman–Crippen MR) is 114 cm³/mol. The van der Waals surface area contributed by atoms with Crippen LogP contribution in [-0.2, 0) is 6.54 Å². The van der Waals surface area contributed by atoms with Crippen LogP contribution >= 0.6 is 0 Å². The number of hydrogen-bond donors (Lipinski definition) is 1. The van der Waals surface area contributed by atoms with E-state index in [1.807, 2.05) is 30.3 Å². The second kappa shape index (κ2) is 9.28. The number of unbranched alkanes of at least 4 members (excludes halogenated alkanes) is 1. The lowest BCUT2D eigenvalue weighted by molar-refractivity contribution is 0.0740. The molecule has 3 rings (SSSR count). The van der Waals surface area contributed by atoms with E-state index in [-0.39, 0.29) is 18.0 Å². The van der Waals surface area contributed by atoms with Crippen LogP contribution in [0.4, 0.5) is 0 Å². The molecule has 6 nitrogen and oxygen atoms in total. The monoisotopic (exact) mass is 394 g/mol. The summed E-state index contributed by atoms with van der Waals surface area (Å²) in [6.07, 6.45) is 1.80. The first-order valence-corrected chi connectivity index (χ1v) is 9.69. The van der Waals surface area contributed by atoms with E-state index in [0.717, 1.165) is 23.7 Å². The van der Waals surface area contributed by atoms with Gasteiger partial charge in [-0.25, -0.2) is 0 Å². The summed E-state index contributed by atoms with van der Waals surface area (Å²) in [6.45, 7) is 2.88. The summed E-state index contributed by atoms with van der Waals surface area (Å²) in [5.74, 6) is 0.916. The van der Waals surface area contributed by atoms with Crippen molar-refractivity contribution in [1.29, 1.82) is 0 Å². The van der Waals surface area contributed by atoms with E-state index in [1.165, 1.54) is 7.11 Å². The van der Waals surface area contributed by atoms with Crippen molar-refractivity contribution < 1.29 is 14.3 Å². The second-order valence-electron chi connectivity index (χ2n) is 6.86. The van der Waals surface area contributed by atoms with Crippen molar-refractivity contribution >= 4 is 16.8 Å². The normalized spacial score (nSPS) is 10.7. The third-order valence-electron chi connectivity index (χ3n) is 4.89. The van der Waals surface area contributed by atoms with Gasteiger partial charge in [0.25, 0.3) is 11.5 Å². The lowest BCUT2D eigenvalue weighted by atomic mass is 10.1. The van der Waals surface area contributed by atoms with Crippen LogP contribution in [0.15, 0.2) is 53.3 Å². The molecule has 0 aliphatic rings. The number of carbonyl (C=O) groups is 1. The fraction of sp³-hybridized carbons (Fsp3) is 0.304. The smallest absolute Gasteiger partial charge is 0.254 e. The maximum atomic E-state index is 13.2. The second-order valence-corrected chi connectivity index (χ2v) is 6.86. The molecule has 2 aromatic carbocycles. The van der Waals surface area contributed by atoms with Crippen molar-refractivity contribution in [2.45, 2.75) is 26.3 Å². The minimum absolute atomic E-state index is 0.146. The topological polar surface area (TPSA) is 71.6 Å². The van der Waals surface area contributed by atoms with Crippen molar-refractivity contribution in [3.8, 4) is 11.5 Å². The first-order valence-electron chi connectivity index (χ1n) is 9.69. The Morgan fingerprint density at radius 3 is 2.52 bits per heavy atom. The minimum atomic E-state index is -0.176. The fourth-order valence-corrected chi connectivity index (χ4v) is 3.27. The number of para-hydroxylation sites is 1. The highest BCUT2D eigenvalue weighted by Gasteiger charge is 2.19. The molecule has 0 bridgehead atoms. The van der Waals surface area contributed by atoms with E-state index in [1.54, 1.807) is 30.2 Å². The fourth-order valence-electron chi connectivity index (χ4n) is 3.27. The van der Waals surface area contributed by atoms with Gasteiger partial charge in [-0.2, -0.15) is 0 Å². The molecule has 6 heteroatoms. The predicted octanol–water partition coefficient (Wildman–Crippen LogP) is 3.99. The quantitative estimate of drug-likeness (QED) is 0.627. The number of nitrogens with zero attached hydrogens (tertiary/aromatic N) is 1. The van der Waals surface area contributed by atoms with Gasteiger partial charge in [0.15, 0.2) is 11.5 Å². The minimum Gasteiger partial charge on any atom is -0.493 e. The number of aromatic nitrogens is 1. The third kappa shape index (κ3) is 4.59. The lowest BCUT2D eigenvalue weighted by Gasteiger charge is -2.23. The number of pyridine rings is 1. The Morgan fingerprint density at radius 1 is 1.03 bits per heavy atom. The van der Waals surface area contributed by atoms with Gasteiger partial charge in [0.2, 0.25) is 0 Å². The number of hydrogen-bond acceptors (Lipinski definition) is 4. The Labute approximate surface area is 170 Å². The molecule has 1 amide bonds. The van der Waals surface area contributed by atoms with E-state index >= 15 is 0 Å². The average molecular weight is 394 g/mol. The zero-order valence-electron chi connectivity index (χ0n) is 17.0. The summed E-state index contributed by atoms with van der Waals surface area (Å²) >= 11 is 0. The van der Waals surface area contributed by atoms with Gasteiger partial charge in [-0.15, -0.1) is 0 Å². The zero-order valence-corrected chi connectivity index (χ0v) is 17.0. The maximum Gasteiger partial charge on any atom is 0.254 e. The summed E-state index contributed by atoms with van der Waals surface area (Å²) in [4.78, 5) is 30.4. The first kappa shape index (κ1) is 20.5. The molecular weight excluding hydrogens is 368 g/mol.